The molecule has 1 aliphatic heterocycles. The first-order chi connectivity index (χ1) is 17.6. The maximum atomic E-state index is 12.7. The van der Waals surface area contributed by atoms with Gasteiger partial charge in [-0.3, -0.25) is 9.69 Å². The second kappa shape index (κ2) is 10.7. The Balaban J connectivity index is 1.26. The minimum Gasteiger partial charge on any atom is -0.445 e. The molecule has 182 valence electrons. The summed E-state index contributed by atoms with van der Waals surface area (Å²) in [6.45, 7) is 2.95. The average molecular weight is 479 g/mol. The Morgan fingerprint density at radius 1 is 1.00 bits per heavy atom. The molecule has 1 heterocycles. The summed E-state index contributed by atoms with van der Waals surface area (Å²) in [5, 5.41) is 3.04. The Kier molecular flexibility index (Phi) is 7.04. The van der Waals surface area contributed by atoms with Crippen LogP contribution in [0.25, 0.3) is 11.1 Å². The molecule has 5 rings (SSSR count). The van der Waals surface area contributed by atoms with E-state index in [-0.39, 0.29) is 24.6 Å². The Morgan fingerprint density at radius 3 is 2.61 bits per heavy atom. The van der Waals surface area contributed by atoms with E-state index >= 15 is 0 Å². The van der Waals surface area contributed by atoms with Gasteiger partial charge >= 0.3 is 6.09 Å². The Bertz CT molecular complexity index is 1320. The third-order valence-electron chi connectivity index (χ3n) is 6.65. The lowest BCUT2D eigenvalue weighted by Crippen LogP contribution is -2.35. The lowest BCUT2D eigenvalue weighted by atomic mass is 9.97. The first kappa shape index (κ1) is 23.7. The number of carbonyl (C=O) groups is 2. The van der Waals surface area contributed by atoms with Crippen LogP contribution >= 0.6 is 0 Å². The number of hydrogen-bond acceptors (Lipinski definition) is 3. The summed E-state index contributed by atoms with van der Waals surface area (Å²) in [4.78, 5) is 26.8. The summed E-state index contributed by atoms with van der Waals surface area (Å²) in [7, 11) is 0. The number of carbonyl (C=O) groups excluding carboxylic acids is 2. The van der Waals surface area contributed by atoms with E-state index < -0.39 is 0 Å². The molecule has 0 radical (unpaired) electrons. The summed E-state index contributed by atoms with van der Waals surface area (Å²) in [5.41, 5.74) is 5.74. The first-order valence-electron chi connectivity index (χ1n) is 12.6. The number of benzene rings is 3. The summed E-state index contributed by atoms with van der Waals surface area (Å²) in [5.74, 6) is 6.56. The molecule has 1 atom stereocenters. The van der Waals surface area contributed by atoms with Crippen molar-refractivity contribution in [1.29, 1.82) is 0 Å². The van der Waals surface area contributed by atoms with Crippen LogP contribution in [-0.2, 0) is 11.3 Å². The Morgan fingerprint density at radius 2 is 1.83 bits per heavy atom. The van der Waals surface area contributed by atoms with Gasteiger partial charge in [-0.2, -0.15) is 0 Å². The van der Waals surface area contributed by atoms with Crippen molar-refractivity contribution < 1.29 is 14.3 Å². The van der Waals surface area contributed by atoms with Crippen molar-refractivity contribution in [2.45, 2.75) is 51.3 Å². The highest BCUT2D eigenvalue weighted by Gasteiger charge is 2.28. The summed E-state index contributed by atoms with van der Waals surface area (Å²) < 4.78 is 5.53. The maximum absolute atomic E-state index is 12.7. The van der Waals surface area contributed by atoms with Crippen LogP contribution in [0.4, 0.5) is 4.79 Å². The molecule has 1 aliphatic carbocycles. The van der Waals surface area contributed by atoms with Crippen LogP contribution in [0.2, 0.25) is 0 Å². The fourth-order valence-corrected chi connectivity index (χ4v) is 4.49. The predicted molar refractivity (Wildman–Crippen MR) is 140 cm³/mol. The first-order valence-corrected chi connectivity index (χ1v) is 12.6. The highest BCUT2D eigenvalue weighted by Crippen LogP contribution is 2.26. The molecule has 0 aromatic heterocycles. The van der Waals surface area contributed by atoms with E-state index in [1.54, 1.807) is 4.90 Å². The van der Waals surface area contributed by atoms with E-state index in [0.717, 1.165) is 53.5 Å². The second-order valence-corrected chi connectivity index (χ2v) is 9.52. The molecule has 36 heavy (non-hydrogen) atoms. The minimum atomic E-state index is -0.314. The van der Waals surface area contributed by atoms with Crippen LogP contribution in [0.1, 0.15) is 52.7 Å². The lowest BCUT2D eigenvalue weighted by molar-refractivity contribution is 0.0949. The third-order valence-corrected chi connectivity index (χ3v) is 6.65. The molecule has 1 saturated carbocycles. The largest absolute Gasteiger partial charge is 0.445 e. The van der Waals surface area contributed by atoms with Gasteiger partial charge in [-0.15, -0.1) is 0 Å². The number of ether oxygens (including phenoxy) is 1. The number of nitrogens with one attached hydrogen (secondary N) is 1. The van der Waals surface area contributed by atoms with E-state index in [9.17, 15) is 9.59 Å². The molecule has 2 aliphatic rings. The van der Waals surface area contributed by atoms with Gasteiger partial charge in [-0.05, 0) is 79.1 Å². The van der Waals surface area contributed by atoms with Crippen LogP contribution in [0, 0.1) is 18.8 Å². The van der Waals surface area contributed by atoms with E-state index in [0.29, 0.717) is 18.2 Å². The number of aryl methyl sites for hydroxylation is 1. The molecular weight excluding hydrogens is 448 g/mol. The van der Waals surface area contributed by atoms with Crippen molar-refractivity contribution in [2.75, 3.05) is 6.54 Å². The van der Waals surface area contributed by atoms with Gasteiger partial charge in [0, 0.05) is 23.7 Å². The van der Waals surface area contributed by atoms with E-state index in [1.807, 2.05) is 67.6 Å². The molecule has 1 saturated heterocycles. The van der Waals surface area contributed by atoms with E-state index in [1.165, 1.54) is 0 Å². The van der Waals surface area contributed by atoms with E-state index in [2.05, 4.69) is 29.3 Å². The topological polar surface area (TPSA) is 58.6 Å². The summed E-state index contributed by atoms with van der Waals surface area (Å²) in [6, 6.07) is 23.8. The molecule has 0 spiro atoms. The smallest absolute Gasteiger partial charge is 0.411 e. The summed E-state index contributed by atoms with van der Waals surface area (Å²) >= 11 is 0. The lowest BCUT2D eigenvalue weighted by Gasteiger charge is -2.20. The maximum Gasteiger partial charge on any atom is 0.411 e. The van der Waals surface area contributed by atoms with Gasteiger partial charge in [0.1, 0.15) is 6.61 Å². The molecule has 2 amide bonds. The molecule has 3 aromatic rings. The van der Waals surface area contributed by atoms with E-state index in [4.69, 9.17) is 4.74 Å². The van der Waals surface area contributed by atoms with Gasteiger partial charge < -0.3 is 10.1 Å². The zero-order valence-corrected chi connectivity index (χ0v) is 20.5. The quantitative estimate of drug-likeness (QED) is 0.478. The van der Waals surface area contributed by atoms with Crippen molar-refractivity contribution >= 4 is 12.0 Å². The van der Waals surface area contributed by atoms with Crippen LogP contribution in [0.5, 0.6) is 0 Å². The molecule has 0 bridgehead atoms. The number of likely N-dealkylation sites (tertiary alicyclic amines) is 1. The predicted octanol–water partition coefficient (Wildman–Crippen LogP) is 5.71. The fourth-order valence-electron chi connectivity index (χ4n) is 4.49. The average Bonchev–Trinajstić information content (AvgIpc) is 3.59. The molecule has 3 aromatic carbocycles. The molecule has 1 N–H and O–H groups in total. The van der Waals surface area contributed by atoms with Crippen LogP contribution in [0.15, 0.2) is 72.8 Å². The Labute approximate surface area is 212 Å². The van der Waals surface area contributed by atoms with Crippen LogP contribution in [-0.4, -0.2) is 35.5 Å². The zero-order chi connectivity index (χ0) is 24.9. The third kappa shape index (κ3) is 5.78. The monoisotopic (exact) mass is 478 g/mol. The van der Waals surface area contributed by atoms with Gasteiger partial charge in [-0.1, -0.05) is 60.4 Å². The highest BCUT2D eigenvalue weighted by molar-refractivity contribution is 5.95. The highest BCUT2D eigenvalue weighted by atomic mass is 16.6. The van der Waals surface area contributed by atoms with Crippen LogP contribution in [0.3, 0.4) is 0 Å². The molecule has 5 heteroatoms. The van der Waals surface area contributed by atoms with Gasteiger partial charge in [-0.25, -0.2) is 4.79 Å². The number of rotatable bonds is 5. The van der Waals surface area contributed by atoms with Crippen molar-refractivity contribution in [1.82, 2.24) is 10.2 Å². The number of nitrogens with zero attached hydrogens (tertiary/aromatic N) is 1. The summed E-state index contributed by atoms with van der Waals surface area (Å²) in [6.07, 6.45) is 3.59. The van der Waals surface area contributed by atoms with Gasteiger partial charge in [0.2, 0.25) is 0 Å². The minimum absolute atomic E-state index is 0.00446. The molecule has 5 nitrogen and oxygen atoms in total. The molecule has 2 fully saturated rings. The van der Waals surface area contributed by atoms with Gasteiger partial charge in [0.05, 0.1) is 6.04 Å². The van der Waals surface area contributed by atoms with Crippen molar-refractivity contribution in [2.24, 2.45) is 0 Å². The second-order valence-electron chi connectivity index (χ2n) is 9.52. The molecule has 1 unspecified atom stereocenters. The van der Waals surface area contributed by atoms with Gasteiger partial charge in [0.25, 0.3) is 5.91 Å². The van der Waals surface area contributed by atoms with Gasteiger partial charge in [0.15, 0.2) is 0 Å². The zero-order valence-electron chi connectivity index (χ0n) is 20.5. The standard InChI is InChI=1S/C31H30N2O3/c1-22-19-26(30(34)32-27-14-15-27)13-17-29(22)25-10-5-9-23(20-25)12-16-28-11-6-18-33(28)31(35)36-21-24-7-3-2-4-8-24/h2-5,7-10,13,17,19-20,27-28H,6,11,14-15,18,21H2,1H3,(H,32,34). The normalized spacial score (nSPS) is 16.7. The molecular formula is C31H30N2O3. The number of hydrogen-bond donors (Lipinski definition) is 1. The van der Waals surface area contributed by atoms with Crippen molar-refractivity contribution in [3.63, 3.8) is 0 Å². The number of amides is 2. The van der Waals surface area contributed by atoms with Crippen LogP contribution < -0.4 is 5.32 Å². The van der Waals surface area contributed by atoms with Crippen molar-refractivity contribution in [3.8, 4) is 23.0 Å². The van der Waals surface area contributed by atoms with Crippen molar-refractivity contribution in [3.05, 3.63) is 95.1 Å². The SMILES string of the molecule is Cc1cc(C(=O)NC2CC2)ccc1-c1cccc(C#CC2CCCN2C(=O)OCc2ccccc2)c1. The fraction of sp³-hybridized carbons (Fsp3) is 0.290. The Hall–Kier alpha value is -4.04.